The molecule has 1 aromatic carbocycles. The summed E-state index contributed by atoms with van der Waals surface area (Å²) >= 11 is 5.93. The van der Waals surface area contributed by atoms with E-state index in [1.54, 1.807) is 18.2 Å². The van der Waals surface area contributed by atoms with Gasteiger partial charge in [-0.25, -0.2) is 0 Å². The summed E-state index contributed by atoms with van der Waals surface area (Å²) in [6, 6.07) is 4.85. The molecule has 0 aliphatic heterocycles. The third-order valence-electron chi connectivity index (χ3n) is 2.70. The van der Waals surface area contributed by atoms with Gasteiger partial charge in [0, 0.05) is 12.4 Å². The van der Waals surface area contributed by atoms with Gasteiger partial charge in [-0.15, -0.1) is 0 Å². The summed E-state index contributed by atoms with van der Waals surface area (Å²) < 4.78 is 6.23. The SMILES string of the molecule is COc1ccc2c(c1)c(Cl)c([N+](=O)[O-])c(=O)n2C. The fourth-order valence-corrected chi connectivity index (χ4v) is 2.06. The van der Waals surface area contributed by atoms with Gasteiger partial charge in [0.25, 0.3) is 0 Å². The average molecular weight is 269 g/mol. The number of benzene rings is 1. The Balaban J connectivity index is 2.99. The van der Waals surface area contributed by atoms with Crippen LogP contribution in [-0.2, 0) is 7.05 Å². The van der Waals surface area contributed by atoms with Gasteiger partial charge in [-0.2, -0.15) is 0 Å². The standard InChI is InChI=1S/C11H9ClN2O4/c1-13-8-4-3-6(18-2)5-7(8)9(12)10(11(13)15)14(16)17/h3-5H,1-2H3. The Hall–Kier alpha value is -2.08. The molecule has 94 valence electrons. The van der Waals surface area contributed by atoms with E-state index in [9.17, 15) is 14.9 Å². The number of halogens is 1. The molecule has 0 aliphatic carbocycles. The number of hydrogen-bond acceptors (Lipinski definition) is 4. The van der Waals surface area contributed by atoms with E-state index in [0.29, 0.717) is 16.7 Å². The van der Waals surface area contributed by atoms with E-state index in [4.69, 9.17) is 16.3 Å². The largest absolute Gasteiger partial charge is 0.497 e. The lowest BCUT2D eigenvalue weighted by atomic mass is 10.2. The third kappa shape index (κ3) is 1.70. The summed E-state index contributed by atoms with van der Waals surface area (Å²) in [7, 11) is 2.94. The second-order valence-corrected chi connectivity index (χ2v) is 4.04. The number of fused-ring (bicyclic) bond motifs is 1. The lowest BCUT2D eigenvalue weighted by molar-refractivity contribution is -0.386. The first kappa shape index (κ1) is 12.4. The molecular formula is C11H9ClN2O4. The molecule has 2 rings (SSSR count). The van der Waals surface area contributed by atoms with E-state index in [1.165, 1.54) is 18.7 Å². The third-order valence-corrected chi connectivity index (χ3v) is 3.08. The van der Waals surface area contributed by atoms with Crippen molar-refractivity contribution in [3.63, 3.8) is 0 Å². The fraction of sp³-hybridized carbons (Fsp3) is 0.182. The highest BCUT2D eigenvalue weighted by Gasteiger charge is 2.23. The molecule has 0 N–H and O–H groups in total. The van der Waals surface area contributed by atoms with Crippen molar-refractivity contribution in [3.8, 4) is 5.75 Å². The minimum Gasteiger partial charge on any atom is -0.497 e. The highest BCUT2D eigenvalue weighted by molar-refractivity contribution is 6.37. The molecule has 0 bridgehead atoms. The molecule has 6 nitrogen and oxygen atoms in total. The molecule has 0 unspecified atom stereocenters. The topological polar surface area (TPSA) is 74.4 Å². The highest BCUT2D eigenvalue weighted by Crippen LogP contribution is 2.31. The van der Waals surface area contributed by atoms with Crippen molar-refractivity contribution in [2.24, 2.45) is 7.05 Å². The van der Waals surface area contributed by atoms with E-state index in [0.717, 1.165) is 0 Å². The minimum atomic E-state index is -0.774. The molecule has 1 heterocycles. The Labute approximate surface area is 107 Å². The molecule has 0 saturated carbocycles. The van der Waals surface area contributed by atoms with Crippen LogP contribution < -0.4 is 10.3 Å². The van der Waals surface area contributed by atoms with Crippen LogP contribution in [-0.4, -0.2) is 16.6 Å². The fourth-order valence-electron chi connectivity index (χ4n) is 1.76. The molecule has 0 fully saturated rings. The summed E-state index contributed by atoms with van der Waals surface area (Å²) in [4.78, 5) is 21.9. The Morgan fingerprint density at radius 2 is 2.11 bits per heavy atom. The molecule has 0 aliphatic rings. The number of nitro groups is 1. The molecule has 0 amide bonds. The van der Waals surface area contributed by atoms with Gasteiger partial charge < -0.3 is 9.30 Å². The molecule has 0 spiro atoms. The van der Waals surface area contributed by atoms with Crippen LogP contribution in [0.3, 0.4) is 0 Å². The number of rotatable bonds is 2. The summed E-state index contributed by atoms with van der Waals surface area (Å²) in [5.74, 6) is 0.511. The predicted molar refractivity (Wildman–Crippen MR) is 67.4 cm³/mol. The normalized spacial score (nSPS) is 10.6. The number of pyridine rings is 1. The van der Waals surface area contributed by atoms with Crippen LogP contribution in [0.5, 0.6) is 5.75 Å². The quantitative estimate of drug-likeness (QED) is 0.617. The second-order valence-electron chi connectivity index (χ2n) is 3.67. The van der Waals surface area contributed by atoms with Crippen LogP contribution in [0.1, 0.15) is 0 Å². The smallest absolute Gasteiger partial charge is 0.353 e. The first-order valence-electron chi connectivity index (χ1n) is 4.98. The van der Waals surface area contributed by atoms with Crippen LogP contribution in [0, 0.1) is 10.1 Å². The van der Waals surface area contributed by atoms with E-state index in [-0.39, 0.29) is 5.02 Å². The molecule has 0 radical (unpaired) electrons. The number of aromatic nitrogens is 1. The van der Waals surface area contributed by atoms with E-state index >= 15 is 0 Å². The van der Waals surface area contributed by atoms with Gasteiger partial charge in [0.1, 0.15) is 10.8 Å². The number of aryl methyl sites for hydroxylation is 1. The van der Waals surface area contributed by atoms with E-state index in [2.05, 4.69) is 0 Å². The summed E-state index contributed by atoms with van der Waals surface area (Å²) in [6.45, 7) is 0. The maximum atomic E-state index is 11.8. The van der Waals surface area contributed by atoms with Crippen LogP contribution in [0.15, 0.2) is 23.0 Å². The van der Waals surface area contributed by atoms with Crippen molar-refractivity contribution >= 4 is 28.2 Å². The highest BCUT2D eigenvalue weighted by atomic mass is 35.5. The van der Waals surface area contributed by atoms with Crippen LogP contribution >= 0.6 is 11.6 Å². The predicted octanol–water partition coefficient (Wildman–Crippen LogP) is 2.11. The van der Waals surface area contributed by atoms with Crippen molar-refractivity contribution in [1.82, 2.24) is 4.57 Å². The van der Waals surface area contributed by atoms with Gasteiger partial charge in [0.15, 0.2) is 0 Å². The zero-order valence-electron chi connectivity index (χ0n) is 9.64. The number of hydrogen-bond donors (Lipinski definition) is 0. The van der Waals surface area contributed by atoms with Crippen LogP contribution in [0.4, 0.5) is 5.69 Å². The van der Waals surface area contributed by atoms with Gasteiger partial charge >= 0.3 is 11.2 Å². The van der Waals surface area contributed by atoms with Crippen molar-refractivity contribution in [3.05, 3.63) is 43.7 Å². The summed E-state index contributed by atoms with van der Waals surface area (Å²) in [5, 5.41) is 11.1. The van der Waals surface area contributed by atoms with E-state index < -0.39 is 16.2 Å². The lowest BCUT2D eigenvalue weighted by Gasteiger charge is -2.08. The molecule has 1 aromatic heterocycles. The van der Waals surface area contributed by atoms with Crippen molar-refractivity contribution in [2.45, 2.75) is 0 Å². The molecule has 7 heteroatoms. The number of nitrogens with zero attached hydrogens (tertiary/aromatic N) is 2. The maximum absolute atomic E-state index is 11.8. The Morgan fingerprint density at radius 1 is 1.44 bits per heavy atom. The van der Waals surface area contributed by atoms with Gasteiger partial charge in [-0.05, 0) is 18.2 Å². The average Bonchev–Trinajstić information content (AvgIpc) is 2.35. The van der Waals surface area contributed by atoms with Gasteiger partial charge in [0.05, 0.1) is 17.5 Å². The Kier molecular flexibility index (Phi) is 2.96. The van der Waals surface area contributed by atoms with Crippen molar-refractivity contribution in [2.75, 3.05) is 7.11 Å². The van der Waals surface area contributed by atoms with Gasteiger partial charge in [-0.3, -0.25) is 14.9 Å². The van der Waals surface area contributed by atoms with Crippen LogP contribution in [0.25, 0.3) is 10.9 Å². The molecule has 2 aromatic rings. The maximum Gasteiger partial charge on any atom is 0.353 e. The van der Waals surface area contributed by atoms with Gasteiger partial charge in [-0.1, -0.05) is 11.6 Å². The molecular weight excluding hydrogens is 260 g/mol. The minimum absolute atomic E-state index is 0.169. The molecule has 0 atom stereocenters. The Bertz CT molecular complexity index is 708. The molecule has 18 heavy (non-hydrogen) atoms. The zero-order valence-corrected chi connectivity index (χ0v) is 10.4. The van der Waals surface area contributed by atoms with Crippen molar-refractivity contribution in [1.29, 1.82) is 0 Å². The summed E-state index contributed by atoms with van der Waals surface area (Å²) in [6.07, 6.45) is 0. The molecule has 0 saturated heterocycles. The van der Waals surface area contributed by atoms with Crippen molar-refractivity contribution < 1.29 is 9.66 Å². The van der Waals surface area contributed by atoms with Gasteiger partial charge in [0.2, 0.25) is 0 Å². The monoisotopic (exact) mass is 268 g/mol. The zero-order chi connectivity index (χ0) is 13.4. The first-order valence-corrected chi connectivity index (χ1v) is 5.35. The van der Waals surface area contributed by atoms with Crippen LogP contribution in [0.2, 0.25) is 5.02 Å². The Morgan fingerprint density at radius 3 is 2.67 bits per heavy atom. The second kappa shape index (κ2) is 4.30. The van der Waals surface area contributed by atoms with E-state index in [1.807, 2.05) is 0 Å². The summed E-state index contributed by atoms with van der Waals surface area (Å²) in [5.41, 5.74) is -0.848. The number of ether oxygens (including phenoxy) is 1. The first-order chi connectivity index (χ1) is 8.47. The lowest BCUT2D eigenvalue weighted by Crippen LogP contribution is -2.20. The number of methoxy groups -OCH3 is 1.